The monoisotopic (exact) mass is 291 g/mol. The van der Waals surface area contributed by atoms with Gasteiger partial charge in [0, 0.05) is 25.2 Å². The van der Waals surface area contributed by atoms with Crippen molar-refractivity contribution < 1.29 is 4.92 Å². The third kappa shape index (κ3) is 5.10. The third-order valence-corrected chi connectivity index (χ3v) is 4.23. The molecule has 0 bridgehead atoms. The summed E-state index contributed by atoms with van der Waals surface area (Å²) in [5, 5.41) is 14.1. The van der Waals surface area contributed by atoms with Crippen LogP contribution in [0.2, 0.25) is 0 Å². The Kier molecular flexibility index (Phi) is 6.14. The Morgan fingerprint density at radius 2 is 2.14 bits per heavy atom. The van der Waals surface area contributed by atoms with E-state index in [4.69, 9.17) is 0 Å². The smallest absolute Gasteiger partial charge is 0.269 e. The quantitative estimate of drug-likeness (QED) is 0.619. The van der Waals surface area contributed by atoms with Crippen LogP contribution in [-0.2, 0) is 6.42 Å². The van der Waals surface area contributed by atoms with Crippen molar-refractivity contribution in [3.05, 3.63) is 39.9 Å². The van der Waals surface area contributed by atoms with Gasteiger partial charge in [0.05, 0.1) is 4.92 Å². The molecule has 0 saturated carbocycles. The summed E-state index contributed by atoms with van der Waals surface area (Å²) in [5.74, 6) is 0.760. The largest absolute Gasteiger partial charge is 0.316 e. The minimum atomic E-state index is -0.349. The molecule has 2 rings (SSSR count). The summed E-state index contributed by atoms with van der Waals surface area (Å²) >= 11 is 0. The molecular weight excluding hydrogens is 266 g/mol. The van der Waals surface area contributed by atoms with Gasteiger partial charge < -0.3 is 10.2 Å². The molecule has 1 fully saturated rings. The van der Waals surface area contributed by atoms with E-state index in [1.807, 2.05) is 12.1 Å². The summed E-state index contributed by atoms with van der Waals surface area (Å²) in [6.07, 6.45) is 3.55. The molecule has 5 nitrogen and oxygen atoms in total. The zero-order valence-corrected chi connectivity index (χ0v) is 12.8. The first-order valence-electron chi connectivity index (χ1n) is 7.85. The Balaban J connectivity index is 1.80. The van der Waals surface area contributed by atoms with E-state index in [2.05, 4.69) is 17.1 Å². The van der Waals surface area contributed by atoms with Crippen LogP contribution in [0.25, 0.3) is 0 Å². The molecule has 1 saturated heterocycles. The molecule has 1 aromatic rings. The van der Waals surface area contributed by atoms with Gasteiger partial charge in [0.25, 0.3) is 5.69 Å². The zero-order valence-electron chi connectivity index (χ0n) is 12.8. The van der Waals surface area contributed by atoms with Crippen LogP contribution in [0.4, 0.5) is 5.69 Å². The van der Waals surface area contributed by atoms with Gasteiger partial charge in [-0.15, -0.1) is 0 Å². The first-order chi connectivity index (χ1) is 10.2. The Bertz CT molecular complexity index is 441. The van der Waals surface area contributed by atoms with Crippen LogP contribution in [0.3, 0.4) is 0 Å². The number of hydrogen-bond acceptors (Lipinski definition) is 4. The van der Waals surface area contributed by atoms with Crippen LogP contribution >= 0.6 is 0 Å². The first kappa shape index (κ1) is 15.9. The number of nitro groups is 1. The molecule has 0 spiro atoms. The molecule has 0 amide bonds. The maximum absolute atomic E-state index is 10.6. The summed E-state index contributed by atoms with van der Waals surface area (Å²) in [6, 6.07) is 6.93. The van der Waals surface area contributed by atoms with Crippen LogP contribution in [0.15, 0.2) is 24.3 Å². The molecule has 0 aromatic heterocycles. The van der Waals surface area contributed by atoms with E-state index in [1.54, 1.807) is 12.1 Å². The SMILES string of the molecule is CCN(CCc1ccc([N+](=O)[O-])cc1)CC1CCCNC1. The second-order valence-electron chi connectivity index (χ2n) is 5.78. The number of nitrogens with zero attached hydrogens (tertiary/aromatic N) is 2. The molecule has 116 valence electrons. The fourth-order valence-corrected chi connectivity index (χ4v) is 2.90. The van der Waals surface area contributed by atoms with Crippen molar-refractivity contribution in [2.45, 2.75) is 26.2 Å². The van der Waals surface area contributed by atoms with Crippen LogP contribution < -0.4 is 5.32 Å². The van der Waals surface area contributed by atoms with Gasteiger partial charge in [0.2, 0.25) is 0 Å². The highest BCUT2D eigenvalue weighted by molar-refractivity contribution is 5.32. The van der Waals surface area contributed by atoms with Crippen LogP contribution in [0.1, 0.15) is 25.3 Å². The van der Waals surface area contributed by atoms with Gasteiger partial charge in [-0.05, 0) is 50.4 Å². The van der Waals surface area contributed by atoms with Crippen molar-refractivity contribution in [3.63, 3.8) is 0 Å². The molecule has 0 radical (unpaired) electrons. The number of likely N-dealkylation sites (N-methyl/N-ethyl adjacent to an activating group) is 1. The fourth-order valence-electron chi connectivity index (χ4n) is 2.90. The van der Waals surface area contributed by atoms with E-state index in [9.17, 15) is 10.1 Å². The van der Waals surface area contributed by atoms with Crippen LogP contribution in [0, 0.1) is 16.0 Å². The number of non-ortho nitro benzene ring substituents is 1. The lowest BCUT2D eigenvalue weighted by atomic mass is 9.99. The average molecular weight is 291 g/mol. The standard InChI is InChI=1S/C16H25N3O2/c1-2-18(13-15-4-3-10-17-12-15)11-9-14-5-7-16(8-6-14)19(20)21/h5-8,15,17H,2-4,9-13H2,1H3. The van der Waals surface area contributed by atoms with E-state index in [0.717, 1.165) is 45.1 Å². The van der Waals surface area contributed by atoms with E-state index in [0.29, 0.717) is 0 Å². The Morgan fingerprint density at radius 3 is 2.71 bits per heavy atom. The van der Waals surface area contributed by atoms with E-state index < -0.39 is 0 Å². The molecule has 1 unspecified atom stereocenters. The van der Waals surface area contributed by atoms with Crippen LogP contribution in [-0.4, -0.2) is 42.5 Å². The van der Waals surface area contributed by atoms with Crippen molar-refractivity contribution in [1.29, 1.82) is 0 Å². The van der Waals surface area contributed by atoms with Gasteiger partial charge >= 0.3 is 0 Å². The summed E-state index contributed by atoms with van der Waals surface area (Å²) in [4.78, 5) is 12.8. The summed E-state index contributed by atoms with van der Waals surface area (Å²) in [6.45, 7) is 7.72. The number of benzene rings is 1. The molecule has 1 aliphatic rings. The number of nitrogens with one attached hydrogen (secondary N) is 1. The number of rotatable bonds is 7. The van der Waals surface area contributed by atoms with Crippen molar-refractivity contribution in [1.82, 2.24) is 10.2 Å². The van der Waals surface area contributed by atoms with Crippen molar-refractivity contribution >= 4 is 5.69 Å². The minimum absolute atomic E-state index is 0.166. The Morgan fingerprint density at radius 1 is 1.38 bits per heavy atom. The molecule has 1 atom stereocenters. The lowest BCUT2D eigenvalue weighted by Crippen LogP contribution is -2.39. The number of hydrogen-bond donors (Lipinski definition) is 1. The minimum Gasteiger partial charge on any atom is -0.316 e. The summed E-state index contributed by atoms with van der Waals surface area (Å²) < 4.78 is 0. The van der Waals surface area contributed by atoms with E-state index in [1.165, 1.54) is 18.4 Å². The summed E-state index contributed by atoms with van der Waals surface area (Å²) in [7, 11) is 0. The molecule has 1 heterocycles. The molecule has 1 aliphatic heterocycles. The van der Waals surface area contributed by atoms with E-state index in [-0.39, 0.29) is 10.6 Å². The van der Waals surface area contributed by atoms with Crippen molar-refractivity contribution in [2.75, 3.05) is 32.7 Å². The Labute approximate surface area is 126 Å². The van der Waals surface area contributed by atoms with Gasteiger partial charge in [0.1, 0.15) is 0 Å². The lowest BCUT2D eigenvalue weighted by Gasteiger charge is -2.29. The van der Waals surface area contributed by atoms with E-state index >= 15 is 0 Å². The molecular formula is C16H25N3O2. The first-order valence-corrected chi connectivity index (χ1v) is 7.85. The van der Waals surface area contributed by atoms with Gasteiger partial charge in [-0.3, -0.25) is 10.1 Å². The molecule has 1 N–H and O–H groups in total. The number of piperidine rings is 1. The van der Waals surface area contributed by atoms with Gasteiger partial charge in [0.15, 0.2) is 0 Å². The lowest BCUT2D eigenvalue weighted by molar-refractivity contribution is -0.384. The van der Waals surface area contributed by atoms with Gasteiger partial charge in [-0.1, -0.05) is 19.1 Å². The second kappa shape index (κ2) is 8.10. The van der Waals surface area contributed by atoms with Crippen molar-refractivity contribution in [3.8, 4) is 0 Å². The normalized spacial score (nSPS) is 18.9. The maximum Gasteiger partial charge on any atom is 0.269 e. The fraction of sp³-hybridized carbons (Fsp3) is 0.625. The molecule has 0 aliphatic carbocycles. The average Bonchev–Trinajstić information content (AvgIpc) is 2.52. The maximum atomic E-state index is 10.6. The Hall–Kier alpha value is -1.46. The van der Waals surface area contributed by atoms with Gasteiger partial charge in [-0.25, -0.2) is 0 Å². The molecule has 1 aromatic carbocycles. The zero-order chi connectivity index (χ0) is 15.1. The highest BCUT2D eigenvalue weighted by atomic mass is 16.6. The van der Waals surface area contributed by atoms with Gasteiger partial charge in [-0.2, -0.15) is 0 Å². The highest BCUT2D eigenvalue weighted by Gasteiger charge is 2.16. The topological polar surface area (TPSA) is 58.4 Å². The van der Waals surface area contributed by atoms with Crippen molar-refractivity contribution in [2.24, 2.45) is 5.92 Å². The predicted molar refractivity (Wildman–Crippen MR) is 84.5 cm³/mol. The highest BCUT2D eigenvalue weighted by Crippen LogP contribution is 2.14. The third-order valence-electron chi connectivity index (χ3n) is 4.23. The molecule has 21 heavy (non-hydrogen) atoms. The van der Waals surface area contributed by atoms with Crippen LogP contribution in [0.5, 0.6) is 0 Å². The second-order valence-corrected chi connectivity index (χ2v) is 5.78. The number of nitro benzene ring substituents is 1. The predicted octanol–water partition coefficient (Wildman–Crippen LogP) is 2.46. The molecule has 5 heteroatoms. The summed E-state index contributed by atoms with van der Waals surface area (Å²) in [5.41, 5.74) is 1.33.